The molecule has 0 saturated carbocycles. The standard InChI is InChI=1S/C16H16N8O4S/c25-24(26)13-2-1-3-14(8-13)29(27,28)22-6-4-21(5-7-22)15-9-16(19-11-18-15)23-12-17-10-20-23/h1-3,8-12H,4-7H2. The van der Waals surface area contributed by atoms with Crippen LogP contribution in [0.1, 0.15) is 0 Å². The molecule has 0 N–H and O–H groups in total. The quantitative estimate of drug-likeness (QED) is 0.429. The second-order valence-corrected chi connectivity index (χ2v) is 8.16. The zero-order valence-corrected chi connectivity index (χ0v) is 15.9. The highest BCUT2D eigenvalue weighted by atomic mass is 32.2. The van der Waals surface area contributed by atoms with Crippen molar-refractivity contribution in [1.82, 2.24) is 29.0 Å². The van der Waals surface area contributed by atoms with Gasteiger partial charge >= 0.3 is 0 Å². The molecule has 29 heavy (non-hydrogen) atoms. The lowest BCUT2D eigenvalue weighted by Crippen LogP contribution is -2.49. The molecule has 0 bridgehead atoms. The number of non-ortho nitro benzene ring substituents is 1. The van der Waals surface area contributed by atoms with Gasteiger partial charge in [-0.2, -0.15) is 9.40 Å². The van der Waals surface area contributed by atoms with Gasteiger partial charge in [-0.25, -0.2) is 28.1 Å². The Bertz CT molecular complexity index is 1130. The number of hydrogen-bond acceptors (Lipinski definition) is 9. The second kappa shape index (κ2) is 7.52. The molecule has 1 aliphatic heterocycles. The van der Waals surface area contributed by atoms with Crippen molar-refractivity contribution in [3.8, 4) is 5.82 Å². The predicted molar refractivity (Wildman–Crippen MR) is 101 cm³/mol. The van der Waals surface area contributed by atoms with E-state index in [9.17, 15) is 18.5 Å². The van der Waals surface area contributed by atoms with Gasteiger partial charge in [0, 0.05) is 44.4 Å². The third-order valence-electron chi connectivity index (χ3n) is 4.52. The van der Waals surface area contributed by atoms with E-state index in [0.717, 1.165) is 6.07 Å². The average molecular weight is 416 g/mol. The fourth-order valence-electron chi connectivity index (χ4n) is 3.03. The second-order valence-electron chi connectivity index (χ2n) is 6.22. The Kier molecular flexibility index (Phi) is 4.90. The number of anilines is 1. The smallest absolute Gasteiger partial charge is 0.270 e. The number of nitro groups is 1. The lowest BCUT2D eigenvalue weighted by atomic mass is 10.3. The SMILES string of the molecule is O=[N+]([O-])c1cccc(S(=O)(=O)N2CCN(c3cc(-n4cncn4)ncn3)CC2)c1. The van der Waals surface area contributed by atoms with Gasteiger partial charge in [0.2, 0.25) is 10.0 Å². The molecule has 3 aromatic rings. The number of nitro benzene ring substituents is 1. The molecule has 0 radical (unpaired) electrons. The van der Waals surface area contributed by atoms with Crippen LogP contribution in [0.25, 0.3) is 5.82 Å². The Labute approximate surface area is 165 Å². The van der Waals surface area contributed by atoms with Crippen LogP contribution in [0, 0.1) is 10.1 Å². The molecule has 3 heterocycles. The number of aromatic nitrogens is 5. The summed E-state index contributed by atoms with van der Waals surface area (Å²) in [7, 11) is -3.82. The number of rotatable bonds is 5. The Morgan fingerprint density at radius 1 is 1.00 bits per heavy atom. The first-order valence-electron chi connectivity index (χ1n) is 8.62. The van der Waals surface area contributed by atoms with Crippen LogP contribution in [0.3, 0.4) is 0 Å². The van der Waals surface area contributed by atoms with Gasteiger partial charge in [-0.3, -0.25) is 10.1 Å². The van der Waals surface area contributed by atoms with Gasteiger partial charge in [0.25, 0.3) is 5.69 Å². The van der Waals surface area contributed by atoms with Gasteiger partial charge < -0.3 is 4.90 Å². The van der Waals surface area contributed by atoms with Gasteiger partial charge in [-0.15, -0.1) is 0 Å². The van der Waals surface area contributed by atoms with Crippen molar-refractivity contribution in [3.05, 3.63) is 59.4 Å². The molecule has 0 aliphatic carbocycles. The molecule has 12 nitrogen and oxygen atoms in total. The maximum Gasteiger partial charge on any atom is 0.270 e. The minimum atomic E-state index is -3.82. The monoisotopic (exact) mass is 416 g/mol. The van der Waals surface area contributed by atoms with Crippen LogP contribution in [0.2, 0.25) is 0 Å². The predicted octanol–water partition coefficient (Wildman–Crippen LogP) is 0.476. The van der Waals surface area contributed by atoms with Crippen LogP contribution in [0.5, 0.6) is 0 Å². The van der Waals surface area contributed by atoms with Crippen LogP contribution in [-0.4, -0.2) is 68.6 Å². The lowest BCUT2D eigenvalue weighted by molar-refractivity contribution is -0.385. The highest BCUT2D eigenvalue weighted by molar-refractivity contribution is 7.89. The average Bonchev–Trinajstić information content (AvgIpc) is 3.29. The summed E-state index contributed by atoms with van der Waals surface area (Å²) in [5.74, 6) is 1.21. The van der Waals surface area contributed by atoms with Crippen LogP contribution < -0.4 is 4.90 Å². The Balaban J connectivity index is 1.49. The Hall–Kier alpha value is -3.45. The largest absolute Gasteiger partial charge is 0.354 e. The fraction of sp³-hybridized carbons (Fsp3) is 0.250. The van der Waals surface area contributed by atoms with E-state index < -0.39 is 14.9 Å². The Morgan fingerprint density at radius 2 is 1.76 bits per heavy atom. The number of piperazine rings is 1. The van der Waals surface area contributed by atoms with E-state index in [4.69, 9.17) is 0 Å². The van der Waals surface area contributed by atoms with E-state index >= 15 is 0 Å². The number of hydrogen-bond donors (Lipinski definition) is 0. The van der Waals surface area contributed by atoms with E-state index in [-0.39, 0.29) is 23.7 Å². The molecule has 150 valence electrons. The van der Waals surface area contributed by atoms with Crippen molar-refractivity contribution in [2.75, 3.05) is 31.1 Å². The molecule has 1 fully saturated rings. The van der Waals surface area contributed by atoms with E-state index in [2.05, 4.69) is 20.1 Å². The third kappa shape index (κ3) is 3.77. The van der Waals surface area contributed by atoms with Crippen molar-refractivity contribution in [3.63, 3.8) is 0 Å². The molecule has 0 amide bonds. The van der Waals surface area contributed by atoms with Gasteiger partial charge in [-0.1, -0.05) is 6.07 Å². The maximum atomic E-state index is 12.9. The van der Waals surface area contributed by atoms with Crippen LogP contribution in [0.15, 0.2) is 54.2 Å². The Morgan fingerprint density at radius 3 is 2.45 bits per heavy atom. The molecule has 0 unspecified atom stereocenters. The molecule has 4 rings (SSSR count). The number of sulfonamides is 1. The molecular formula is C16H16N8O4S. The van der Waals surface area contributed by atoms with E-state index in [1.54, 1.807) is 6.07 Å². The van der Waals surface area contributed by atoms with Gasteiger partial charge in [-0.05, 0) is 6.07 Å². The summed E-state index contributed by atoms with van der Waals surface area (Å²) in [6, 6.07) is 6.83. The first-order chi connectivity index (χ1) is 13.9. The summed E-state index contributed by atoms with van der Waals surface area (Å²) in [5, 5.41) is 15.0. The minimum Gasteiger partial charge on any atom is -0.354 e. The van der Waals surface area contributed by atoms with Gasteiger partial charge in [0.15, 0.2) is 5.82 Å². The number of benzene rings is 1. The van der Waals surface area contributed by atoms with E-state index in [1.165, 1.54) is 46.2 Å². The molecule has 13 heteroatoms. The minimum absolute atomic E-state index is 0.0874. The molecule has 2 aromatic heterocycles. The van der Waals surface area contributed by atoms with Crippen molar-refractivity contribution in [2.24, 2.45) is 0 Å². The van der Waals surface area contributed by atoms with Crippen LogP contribution >= 0.6 is 0 Å². The molecule has 0 atom stereocenters. The fourth-order valence-corrected chi connectivity index (χ4v) is 4.49. The van der Waals surface area contributed by atoms with Gasteiger partial charge in [0.1, 0.15) is 24.8 Å². The highest BCUT2D eigenvalue weighted by Gasteiger charge is 2.30. The normalized spacial score (nSPS) is 15.4. The zero-order chi connectivity index (χ0) is 20.4. The van der Waals surface area contributed by atoms with E-state index in [1.807, 2.05) is 4.90 Å². The zero-order valence-electron chi connectivity index (χ0n) is 15.1. The van der Waals surface area contributed by atoms with Crippen LogP contribution in [0.4, 0.5) is 11.5 Å². The summed E-state index contributed by atoms with van der Waals surface area (Å²) >= 11 is 0. The summed E-state index contributed by atoms with van der Waals surface area (Å²) in [6.45, 7) is 1.30. The van der Waals surface area contributed by atoms with Gasteiger partial charge in [0.05, 0.1) is 9.82 Å². The number of nitrogens with zero attached hydrogens (tertiary/aromatic N) is 8. The van der Waals surface area contributed by atoms with Crippen molar-refractivity contribution in [2.45, 2.75) is 4.90 Å². The van der Waals surface area contributed by atoms with E-state index in [0.29, 0.717) is 24.7 Å². The highest BCUT2D eigenvalue weighted by Crippen LogP contribution is 2.23. The van der Waals surface area contributed by atoms with Crippen LogP contribution in [-0.2, 0) is 10.0 Å². The first-order valence-corrected chi connectivity index (χ1v) is 10.1. The molecular weight excluding hydrogens is 400 g/mol. The topological polar surface area (TPSA) is 140 Å². The summed E-state index contributed by atoms with van der Waals surface area (Å²) < 4.78 is 28.5. The molecule has 1 aromatic carbocycles. The maximum absolute atomic E-state index is 12.9. The third-order valence-corrected chi connectivity index (χ3v) is 6.42. The lowest BCUT2D eigenvalue weighted by Gasteiger charge is -2.34. The summed E-state index contributed by atoms with van der Waals surface area (Å²) in [6.07, 6.45) is 4.34. The van der Waals surface area contributed by atoms with Crippen molar-refractivity contribution in [1.29, 1.82) is 0 Å². The first kappa shape index (κ1) is 18.9. The molecule has 1 saturated heterocycles. The summed E-state index contributed by atoms with van der Waals surface area (Å²) in [4.78, 5) is 24.5. The summed E-state index contributed by atoms with van der Waals surface area (Å²) in [5.41, 5.74) is -0.258. The van der Waals surface area contributed by atoms with Crippen molar-refractivity contribution >= 4 is 21.5 Å². The molecule has 0 spiro atoms. The van der Waals surface area contributed by atoms with Crippen molar-refractivity contribution < 1.29 is 13.3 Å². The molecule has 1 aliphatic rings.